The van der Waals surface area contributed by atoms with Crippen molar-refractivity contribution in [3.63, 3.8) is 0 Å². The summed E-state index contributed by atoms with van der Waals surface area (Å²) in [5, 5.41) is 10.8. The van der Waals surface area contributed by atoms with Gasteiger partial charge in [-0.15, -0.1) is 0 Å². The summed E-state index contributed by atoms with van der Waals surface area (Å²) in [4.78, 5) is 0. The minimum absolute atomic E-state index is 0.0336. The molecule has 1 saturated heterocycles. The van der Waals surface area contributed by atoms with Gasteiger partial charge in [-0.2, -0.15) is 0 Å². The molecule has 0 aromatic heterocycles. The fourth-order valence-electron chi connectivity index (χ4n) is 4.07. The van der Waals surface area contributed by atoms with Gasteiger partial charge in [0.1, 0.15) is 6.10 Å². The van der Waals surface area contributed by atoms with E-state index in [0.717, 1.165) is 16.7 Å². The van der Waals surface area contributed by atoms with E-state index in [1.807, 2.05) is 91.0 Å². The molecule has 5 atom stereocenters. The molecule has 1 aliphatic rings. The van der Waals surface area contributed by atoms with Crippen LogP contribution in [0.15, 0.2) is 91.0 Å². The van der Waals surface area contributed by atoms with Crippen molar-refractivity contribution in [1.82, 2.24) is 0 Å². The average molecular weight is 449 g/mol. The minimum Gasteiger partial charge on any atom is -0.374 e. The van der Waals surface area contributed by atoms with Gasteiger partial charge < -0.3 is 24.1 Å². The van der Waals surface area contributed by atoms with Crippen molar-refractivity contribution >= 4 is 0 Å². The zero-order valence-corrected chi connectivity index (χ0v) is 19.0. The highest BCUT2D eigenvalue weighted by atomic mass is 16.7. The lowest BCUT2D eigenvalue weighted by Crippen LogP contribution is -2.56. The van der Waals surface area contributed by atoms with E-state index >= 15 is 0 Å². The second-order valence-electron chi connectivity index (χ2n) is 8.45. The highest BCUT2D eigenvalue weighted by molar-refractivity contribution is 5.15. The molecule has 0 aliphatic carbocycles. The summed E-state index contributed by atoms with van der Waals surface area (Å²) in [6.45, 7) is 3.73. The second-order valence-corrected chi connectivity index (χ2v) is 8.45. The number of hydrogen-bond donors (Lipinski definition) is 1. The third kappa shape index (κ3) is 6.73. The Morgan fingerprint density at radius 3 is 1.64 bits per heavy atom. The maximum atomic E-state index is 10.8. The molecule has 5 heteroatoms. The molecule has 1 fully saturated rings. The normalized spacial score (nSPS) is 25.1. The Morgan fingerprint density at radius 1 is 0.667 bits per heavy atom. The number of aliphatic hydroxyl groups is 1. The Bertz CT molecular complexity index is 934. The summed E-state index contributed by atoms with van der Waals surface area (Å²) < 4.78 is 24.3. The van der Waals surface area contributed by atoms with Crippen LogP contribution in [0.4, 0.5) is 0 Å². The summed E-state index contributed by atoms with van der Waals surface area (Å²) in [6, 6.07) is 29.9. The molecule has 1 aliphatic heterocycles. The molecule has 0 spiro atoms. The lowest BCUT2D eigenvalue weighted by Gasteiger charge is -2.43. The van der Waals surface area contributed by atoms with Gasteiger partial charge in [0.2, 0.25) is 0 Å². The van der Waals surface area contributed by atoms with Gasteiger partial charge in [0.05, 0.1) is 38.6 Å². The molecule has 174 valence electrons. The Labute approximate surface area is 195 Å². The molecule has 5 nitrogen and oxygen atoms in total. The summed E-state index contributed by atoms with van der Waals surface area (Å²) >= 11 is 0. The largest absolute Gasteiger partial charge is 0.374 e. The first-order valence-electron chi connectivity index (χ1n) is 11.5. The molecule has 0 bridgehead atoms. The van der Waals surface area contributed by atoms with Crippen molar-refractivity contribution in [2.45, 2.75) is 51.3 Å². The first kappa shape index (κ1) is 23.6. The van der Waals surface area contributed by atoms with Crippen molar-refractivity contribution in [3.8, 4) is 0 Å². The van der Waals surface area contributed by atoms with E-state index in [1.54, 1.807) is 0 Å². The van der Waals surface area contributed by atoms with Crippen LogP contribution in [0.5, 0.6) is 0 Å². The molecule has 4 rings (SSSR count). The fraction of sp³-hybridized carbons (Fsp3) is 0.357. The Morgan fingerprint density at radius 2 is 1.12 bits per heavy atom. The van der Waals surface area contributed by atoms with Crippen LogP contribution in [0, 0.1) is 5.92 Å². The molecule has 0 radical (unpaired) electrons. The SMILES string of the molecule is C[C@@H]1[C@H](OCc2ccccc2)[C@@H](OCc2ccccc2)C(O)O[C@@H]1COCc1ccccc1. The van der Waals surface area contributed by atoms with Gasteiger partial charge in [-0.05, 0) is 16.7 Å². The van der Waals surface area contributed by atoms with Crippen LogP contribution in [-0.2, 0) is 38.8 Å². The van der Waals surface area contributed by atoms with Gasteiger partial charge in [-0.25, -0.2) is 0 Å². The van der Waals surface area contributed by atoms with Gasteiger partial charge >= 0.3 is 0 Å². The van der Waals surface area contributed by atoms with E-state index in [4.69, 9.17) is 18.9 Å². The summed E-state index contributed by atoms with van der Waals surface area (Å²) in [6.07, 6.45) is -2.35. The molecule has 0 amide bonds. The zero-order chi connectivity index (χ0) is 22.9. The molecular weight excluding hydrogens is 416 g/mol. The van der Waals surface area contributed by atoms with Crippen LogP contribution in [-0.4, -0.2) is 36.3 Å². The number of aliphatic hydroxyl groups excluding tert-OH is 1. The topological polar surface area (TPSA) is 57.2 Å². The predicted molar refractivity (Wildman–Crippen MR) is 126 cm³/mol. The predicted octanol–water partition coefficient (Wildman–Crippen LogP) is 4.73. The van der Waals surface area contributed by atoms with E-state index in [-0.39, 0.29) is 18.1 Å². The molecule has 33 heavy (non-hydrogen) atoms. The van der Waals surface area contributed by atoms with E-state index in [2.05, 4.69) is 6.92 Å². The van der Waals surface area contributed by atoms with Crippen molar-refractivity contribution in [2.24, 2.45) is 5.92 Å². The first-order valence-corrected chi connectivity index (χ1v) is 11.5. The Balaban J connectivity index is 1.41. The summed E-state index contributed by atoms with van der Waals surface area (Å²) in [5.41, 5.74) is 3.21. The van der Waals surface area contributed by atoms with Crippen LogP contribution in [0.3, 0.4) is 0 Å². The molecule has 1 heterocycles. The molecule has 1 unspecified atom stereocenters. The van der Waals surface area contributed by atoms with Crippen molar-refractivity contribution in [1.29, 1.82) is 0 Å². The van der Waals surface area contributed by atoms with E-state index < -0.39 is 12.4 Å². The summed E-state index contributed by atoms with van der Waals surface area (Å²) in [7, 11) is 0. The minimum atomic E-state index is -1.10. The molecule has 3 aromatic carbocycles. The van der Waals surface area contributed by atoms with Gasteiger partial charge in [0, 0.05) is 5.92 Å². The molecule has 0 saturated carbocycles. The molecule has 1 N–H and O–H groups in total. The van der Waals surface area contributed by atoms with Crippen molar-refractivity contribution in [2.75, 3.05) is 6.61 Å². The average Bonchev–Trinajstić information content (AvgIpc) is 2.86. The van der Waals surface area contributed by atoms with E-state index in [9.17, 15) is 5.11 Å². The fourth-order valence-corrected chi connectivity index (χ4v) is 4.07. The van der Waals surface area contributed by atoms with Gasteiger partial charge in [-0.3, -0.25) is 0 Å². The lowest BCUT2D eigenvalue weighted by molar-refractivity contribution is -0.295. The Hall–Kier alpha value is -2.54. The standard InChI is InChI=1S/C28H32O5/c1-21-25(20-30-17-22-11-5-2-6-12-22)33-28(29)27(32-19-24-15-9-4-10-16-24)26(21)31-18-23-13-7-3-8-14-23/h2-16,21,25-29H,17-20H2,1H3/t21-,25+,26-,27+,28?/m0/s1. The van der Waals surface area contributed by atoms with Gasteiger partial charge in [0.15, 0.2) is 6.29 Å². The van der Waals surface area contributed by atoms with Crippen LogP contribution in [0.2, 0.25) is 0 Å². The van der Waals surface area contributed by atoms with Crippen LogP contribution < -0.4 is 0 Å². The van der Waals surface area contributed by atoms with Crippen LogP contribution in [0.25, 0.3) is 0 Å². The van der Waals surface area contributed by atoms with Gasteiger partial charge in [0.25, 0.3) is 0 Å². The maximum absolute atomic E-state index is 10.8. The van der Waals surface area contributed by atoms with Crippen LogP contribution >= 0.6 is 0 Å². The third-order valence-corrected chi connectivity index (χ3v) is 5.99. The van der Waals surface area contributed by atoms with Crippen LogP contribution in [0.1, 0.15) is 23.6 Å². The first-order chi connectivity index (χ1) is 16.2. The number of rotatable bonds is 10. The monoisotopic (exact) mass is 448 g/mol. The zero-order valence-electron chi connectivity index (χ0n) is 19.0. The quantitative estimate of drug-likeness (QED) is 0.486. The number of ether oxygens (including phenoxy) is 4. The van der Waals surface area contributed by atoms with Crippen molar-refractivity contribution < 1.29 is 24.1 Å². The third-order valence-electron chi connectivity index (χ3n) is 5.99. The molecular formula is C28H32O5. The highest BCUT2D eigenvalue weighted by Gasteiger charge is 2.44. The maximum Gasteiger partial charge on any atom is 0.184 e. The lowest BCUT2D eigenvalue weighted by atomic mass is 9.90. The van der Waals surface area contributed by atoms with Crippen molar-refractivity contribution in [3.05, 3.63) is 108 Å². The number of benzene rings is 3. The number of hydrogen-bond acceptors (Lipinski definition) is 5. The summed E-state index contributed by atoms with van der Waals surface area (Å²) in [5.74, 6) is -0.0336. The van der Waals surface area contributed by atoms with E-state index in [0.29, 0.717) is 26.4 Å². The smallest absolute Gasteiger partial charge is 0.184 e. The molecule has 3 aromatic rings. The Kier molecular flexibility index (Phi) is 8.64. The highest BCUT2D eigenvalue weighted by Crippen LogP contribution is 2.31. The van der Waals surface area contributed by atoms with E-state index in [1.165, 1.54) is 0 Å². The van der Waals surface area contributed by atoms with Gasteiger partial charge in [-0.1, -0.05) is 97.9 Å². The second kappa shape index (κ2) is 12.1.